The molecule has 0 saturated heterocycles. The maximum atomic E-state index is 11.9. The van der Waals surface area contributed by atoms with E-state index in [9.17, 15) is 18.0 Å². The van der Waals surface area contributed by atoms with Crippen molar-refractivity contribution >= 4 is 6.09 Å². The second-order valence-electron chi connectivity index (χ2n) is 4.11. The molecule has 0 spiro atoms. The summed E-state index contributed by atoms with van der Waals surface area (Å²) < 4.78 is 45.1. The van der Waals surface area contributed by atoms with Crippen molar-refractivity contribution in [2.24, 2.45) is 0 Å². The number of amides is 1. The molecular weight excluding hydrogens is 275 g/mol. The first-order chi connectivity index (χ1) is 9.38. The van der Waals surface area contributed by atoms with Crippen LogP contribution in [0, 0.1) is 0 Å². The molecule has 112 valence electrons. The van der Waals surface area contributed by atoms with Crippen LogP contribution in [0.15, 0.2) is 30.3 Å². The third kappa shape index (κ3) is 6.86. The predicted octanol–water partition coefficient (Wildman–Crippen LogP) is 3.09. The van der Waals surface area contributed by atoms with Gasteiger partial charge in [0, 0.05) is 13.6 Å². The summed E-state index contributed by atoms with van der Waals surface area (Å²) in [6.45, 7) is -0.957. The highest BCUT2D eigenvalue weighted by molar-refractivity contribution is 5.67. The van der Waals surface area contributed by atoms with Crippen LogP contribution in [0.5, 0.6) is 5.75 Å². The van der Waals surface area contributed by atoms with Crippen LogP contribution in [-0.4, -0.2) is 44.0 Å². The highest BCUT2D eigenvalue weighted by Gasteiger charge is 2.30. The summed E-state index contributed by atoms with van der Waals surface area (Å²) in [7, 11) is 1.38. The normalized spacial score (nSPS) is 11.0. The zero-order valence-corrected chi connectivity index (χ0v) is 11.0. The van der Waals surface area contributed by atoms with Gasteiger partial charge in [0.05, 0.1) is 6.61 Å². The van der Waals surface area contributed by atoms with Crippen molar-refractivity contribution < 1.29 is 27.4 Å². The Morgan fingerprint density at radius 3 is 2.50 bits per heavy atom. The van der Waals surface area contributed by atoms with Crippen molar-refractivity contribution in [2.45, 2.75) is 12.6 Å². The molecule has 1 aromatic carbocycles. The summed E-state index contributed by atoms with van der Waals surface area (Å²) in [5, 5.41) is 0. The van der Waals surface area contributed by atoms with E-state index in [1.54, 1.807) is 12.1 Å². The summed E-state index contributed by atoms with van der Waals surface area (Å²) in [4.78, 5) is 12.3. The van der Waals surface area contributed by atoms with Gasteiger partial charge >= 0.3 is 12.3 Å². The van der Waals surface area contributed by atoms with Gasteiger partial charge in [-0.1, -0.05) is 18.2 Å². The molecule has 0 radical (unpaired) electrons. The summed E-state index contributed by atoms with van der Waals surface area (Å²) in [6, 6.07) is 9.10. The minimum atomic E-state index is -4.51. The molecule has 7 heteroatoms. The Bertz CT molecular complexity index is 409. The van der Waals surface area contributed by atoms with Crippen LogP contribution in [0.1, 0.15) is 6.42 Å². The summed E-state index contributed by atoms with van der Waals surface area (Å²) in [5.41, 5.74) is 0. The van der Waals surface area contributed by atoms with E-state index in [1.165, 1.54) is 7.05 Å². The number of halogens is 3. The Labute approximate surface area is 115 Å². The molecule has 1 aromatic rings. The lowest BCUT2D eigenvalue weighted by Crippen LogP contribution is -2.32. The molecule has 0 fully saturated rings. The number of nitrogens with zero attached hydrogens (tertiary/aromatic N) is 1. The molecule has 0 aromatic heterocycles. The monoisotopic (exact) mass is 291 g/mol. The SMILES string of the molecule is CN(CCCOc1ccccc1)C(=O)OCC(F)(F)F. The summed E-state index contributed by atoms with van der Waals surface area (Å²) in [5.74, 6) is 0.704. The topological polar surface area (TPSA) is 38.8 Å². The molecule has 0 saturated carbocycles. The minimum Gasteiger partial charge on any atom is -0.494 e. The van der Waals surface area contributed by atoms with E-state index in [1.807, 2.05) is 18.2 Å². The molecule has 0 N–H and O–H groups in total. The van der Waals surface area contributed by atoms with Crippen molar-refractivity contribution in [3.63, 3.8) is 0 Å². The quantitative estimate of drug-likeness (QED) is 0.756. The first-order valence-corrected chi connectivity index (χ1v) is 6.01. The second kappa shape index (κ2) is 7.62. The van der Waals surface area contributed by atoms with E-state index in [0.717, 1.165) is 4.90 Å². The number of hydrogen-bond donors (Lipinski definition) is 0. The summed E-state index contributed by atoms with van der Waals surface area (Å²) >= 11 is 0. The molecule has 1 amide bonds. The highest BCUT2D eigenvalue weighted by Crippen LogP contribution is 2.15. The van der Waals surface area contributed by atoms with Gasteiger partial charge in [0.25, 0.3) is 0 Å². The van der Waals surface area contributed by atoms with Crippen LogP contribution < -0.4 is 4.74 Å². The number of alkyl halides is 3. The molecular formula is C13H16F3NO3. The molecule has 4 nitrogen and oxygen atoms in total. The van der Waals surface area contributed by atoms with Crippen LogP contribution in [0.2, 0.25) is 0 Å². The molecule has 0 unspecified atom stereocenters. The Morgan fingerprint density at radius 2 is 1.90 bits per heavy atom. The van der Waals surface area contributed by atoms with Crippen molar-refractivity contribution in [3.8, 4) is 5.75 Å². The average molecular weight is 291 g/mol. The largest absolute Gasteiger partial charge is 0.494 e. The van der Waals surface area contributed by atoms with Crippen LogP contribution in [0.3, 0.4) is 0 Å². The van der Waals surface area contributed by atoms with Crippen LogP contribution in [0.25, 0.3) is 0 Å². The van der Waals surface area contributed by atoms with Gasteiger partial charge in [-0.25, -0.2) is 4.79 Å². The molecule has 1 rings (SSSR count). The maximum Gasteiger partial charge on any atom is 0.422 e. The van der Waals surface area contributed by atoms with Crippen molar-refractivity contribution in [3.05, 3.63) is 30.3 Å². The number of benzene rings is 1. The number of hydrogen-bond acceptors (Lipinski definition) is 3. The zero-order chi connectivity index (χ0) is 15.0. The fraction of sp³-hybridized carbons (Fsp3) is 0.462. The second-order valence-corrected chi connectivity index (χ2v) is 4.11. The van der Waals surface area contributed by atoms with Crippen LogP contribution in [0.4, 0.5) is 18.0 Å². The van der Waals surface area contributed by atoms with Crippen molar-refractivity contribution in [2.75, 3.05) is 26.8 Å². The number of para-hydroxylation sites is 1. The van der Waals surface area contributed by atoms with Gasteiger partial charge in [-0.2, -0.15) is 13.2 Å². The maximum absolute atomic E-state index is 11.9. The van der Waals surface area contributed by atoms with E-state index in [2.05, 4.69) is 4.74 Å². The standard InChI is InChI=1S/C13H16F3NO3/c1-17(12(18)20-10-13(14,15)16)8-5-9-19-11-6-3-2-4-7-11/h2-4,6-7H,5,8-10H2,1H3. The molecule has 0 atom stereocenters. The smallest absolute Gasteiger partial charge is 0.422 e. The number of carbonyl (C=O) groups is 1. The van der Waals surface area contributed by atoms with Crippen LogP contribution in [-0.2, 0) is 4.74 Å². The van der Waals surface area contributed by atoms with Gasteiger partial charge < -0.3 is 14.4 Å². The number of ether oxygens (including phenoxy) is 2. The number of carbonyl (C=O) groups excluding carboxylic acids is 1. The van der Waals surface area contributed by atoms with Gasteiger partial charge in [0.1, 0.15) is 5.75 Å². The Kier molecular flexibility index (Phi) is 6.14. The van der Waals surface area contributed by atoms with Gasteiger partial charge in [-0.15, -0.1) is 0 Å². The Balaban J connectivity index is 2.16. The van der Waals surface area contributed by atoms with Crippen LogP contribution >= 0.6 is 0 Å². The third-order valence-corrected chi connectivity index (χ3v) is 2.32. The highest BCUT2D eigenvalue weighted by atomic mass is 19.4. The van der Waals surface area contributed by atoms with E-state index in [-0.39, 0.29) is 6.54 Å². The van der Waals surface area contributed by atoms with E-state index in [4.69, 9.17) is 4.74 Å². The number of rotatable bonds is 6. The molecule has 0 heterocycles. The fourth-order valence-electron chi connectivity index (χ4n) is 1.35. The molecule has 20 heavy (non-hydrogen) atoms. The molecule has 0 bridgehead atoms. The zero-order valence-electron chi connectivity index (χ0n) is 11.0. The lowest BCUT2D eigenvalue weighted by Gasteiger charge is -2.17. The first kappa shape index (κ1) is 16.1. The third-order valence-electron chi connectivity index (χ3n) is 2.32. The molecule has 0 aliphatic rings. The van der Waals surface area contributed by atoms with E-state index < -0.39 is 18.9 Å². The first-order valence-electron chi connectivity index (χ1n) is 6.01. The average Bonchev–Trinajstić information content (AvgIpc) is 2.41. The summed E-state index contributed by atoms with van der Waals surface area (Å²) in [6.07, 6.45) is -5.01. The van der Waals surface area contributed by atoms with Crippen molar-refractivity contribution in [1.29, 1.82) is 0 Å². The Morgan fingerprint density at radius 1 is 1.25 bits per heavy atom. The molecule has 0 aliphatic carbocycles. The lowest BCUT2D eigenvalue weighted by molar-refractivity contribution is -0.162. The Hall–Kier alpha value is -1.92. The van der Waals surface area contributed by atoms with Gasteiger partial charge in [-0.3, -0.25) is 0 Å². The van der Waals surface area contributed by atoms with Crippen molar-refractivity contribution in [1.82, 2.24) is 4.90 Å². The minimum absolute atomic E-state index is 0.253. The fourth-order valence-corrected chi connectivity index (χ4v) is 1.35. The van der Waals surface area contributed by atoms with E-state index >= 15 is 0 Å². The lowest BCUT2D eigenvalue weighted by atomic mass is 10.3. The van der Waals surface area contributed by atoms with E-state index in [0.29, 0.717) is 18.8 Å². The van der Waals surface area contributed by atoms with Gasteiger partial charge in [0.2, 0.25) is 0 Å². The molecule has 0 aliphatic heterocycles. The van der Waals surface area contributed by atoms with Gasteiger partial charge in [0.15, 0.2) is 6.61 Å². The predicted molar refractivity (Wildman–Crippen MR) is 66.6 cm³/mol. The van der Waals surface area contributed by atoms with Gasteiger partial charge in [-0.05, 0) is 18.6 Å².